The Kier molecular flexibility index (Phi) is 7.19. The van der Waals surface area contributed by atoms with Gasteiger partial charge in [-0.2, -0.15) is 4.99 Å². The van der Waals surface area contributed by atoms with Crippen molar-refractivity contribution in [2.24, 2.45) is 4.99 Å². The second kappa shape index (κ2) is 10.3. The van der Waals surface area contributed by atoms with Crippen molar-refractivity contribution in [3.63, 3.8) is 0 Å². The van der Waals surface area contributed by atoms with Crippen LogP contribution >= 0.6 is 22.9 Å². The molecule has 0 bridgehead atoms. The van der Waals surface area contributed by atoms with Crippen molar-refractivity contribution in [2.75, 3.05) is 13.2 Å². The molecule has 1 aliphatic rings. The summed E-state index contributed by atoms with van der Waals surface area (Å²) in [5.74, 6) is -0.435. The number of ether oxygens (including phenoxy) is 1. The van der Waals surface area contributed by atoms with Crippen molar-refractivity contribution in [2.45, 2.75) is 32.4 Å². The van der Waals surface area contributed by atoms with Crippen LogP contribution in [0, 0.1) is 6.92 Å². The lowest BCUT2D eigenvalue weighted by molar-refractivity contribution is 0.0857. The first-order valence-corrected chi connectivity index (χ1v) is 11.7. The number of carbonyl (C=O) groups excluding carboxylic acids is 2. The van der Waals surface area contributed by atoms with Gasteiger partial charge in [0.1, 0.15) is 0 Å². The normalized spacial score (nSPS) is 16.3. The molecule has 0 radical (unpaired) electrons. The quantitative estimate of drug-likeness (QED) is 0.587. The Morgan fingerprint density at radius 1 is 1.22 bits per heavy atom. The summed E-state index contributed by atoms with van der Waals surface area (Å²) in [6.07, 6.45) is 2.16. The maximum atomic E-state index is 12.6. The van der Waals surface area contributed by atoms with E-state index in [4.69, 9.17) is 16.3 Å². The molecular formula is C24H24ClN3O3S. The molecule has 0 saturated carbocycles. The fourth-order valence-electron chi connectivity index (χ4n) is 3.53. The second-order valence-corrected chi connectivity index (χ2v) is 8.99. The van der Waals surface area contributed by atoms with Crippen LogP contribution in [0.4, 0.5) is 0 Å². The van der Waals surface area contributed by atoms with E-state index < -0.39 is 0 Å². The number of hydrogen-bond donors (Lipinski definition) is 1. The average Bonchev–Trinajstić information content (AvgIpc) is 3.43. The lowest BCUT2D eigenvalue weighted by Gasteiger charge is -2.11. The molecule has 0 aliphatic carbocycles. The van der Waals surface area contributed by atoms with Crippen LogP contribution in [0.2, 0.25) is 5.02 Å². The first-order chi connectivity index (χ1) is 15.5. The maximum Gasteiger partial charge on any atom is 0.279 e. The molecule has 1 N–H and O–H groups in total. The molecule has 3 aromatic rings. The number of carbonyl (C=O) groups is 2. The lowest BCUT2D eigenvalue weighted by atomic mass is 10.1. The smallest absolute Gasteiger partial charge is 0.279 e. The van der Waals surface area contributed by atoms with Crippen molar-refractivity contribution in [3.05, 3.63) is 86.1 Å². The average molecular weight is 470 g/mol. The van der Waals surface area contributed by atoms with Gasteiger partial charge in [0.05, 0.1) is 12.6 Å². The minimum atomic E-state index is -0.332. The van der Waals surface area contributed by atoms with Crippen molar-refractivity contribution >= 4 is 34.8 Å². The van der Waals surface area contributed by atoms with Crippen LogP contribution in [-0.2, 0) is 11.3 Å². The Balaban J connectivity index is 1.46. The van der Waals surface area contributed by atoms with Gasteiger partial charge in [-0.25, -0.2) is 0 Å². The fraction of sp³-hybridized carbons (Fsp3) is 0.292. The predicted octanol–water partition coefficient (Wildman–Crippen LogP) is 4.21. The SMILES string of the molecule is Cc1csc(=NC(=O)c2cccc(Cl)c2)n1Cc1ccc(C(=O)NC[C@@H]2CCCO2)cc1. The van der Waals surface area contributed by atoms with Crippen LogP contribution in [0.3, 0.4) is 0 Å². The van der Waals surface area contributed by atoms with Gasteiger partial charge < -0.3 is 14.6 Å². The van der Waals surface area contributed by atoms with Gasteiger partial charge >= 0.3 is 0 Å². The molecular weight excluding hydrogens is 446 g/mol. The van der Waals surface area contributed by atoms with Crippen LogP contribution < -0.4 is 10.1 Å². The van der Waals surface area contributed by atoms with E-state index in [2.05, 4.69) is 10.3 Å². The van der Waals surface area contributed by atoms with E-state index in [1.54, 1.807) is 24.3 Å². The highest BCUT2D eigenvalue weighted by Crippen LogP contribution is 2.13. The highest BCUT2D eigenvalue weighted by Gasteiger charge is 2.16. The number of amides is 2. The Bertz CT molecular complexity index is 1180. The molecule has 166 valence electrons. The number of aromatic nitrogens is 1. The van der Waals surface area contributed by atoms with Crippen molar-refractivity contribution in [1.29, 1.82) is 0 Å². The Hall–Kier alpha value is -2.74. The molecule has 1 aliphatic heterocycles. The number of hydrogen-bond acceptors (Lipinski definition) is 4. The Morgan fingerprint density at radius 3 is 2.75 bits per heavy atom. The van der Waals surface area contributed by atoms with Gasteiger partial charge in [-0.1, -0.05) is 29.8 Å². The van der Waals surface area contributed by atoms with Gasteiger partial charge in [-0.3, -0.25) is 9.59 Å². The number of rotatable bonds is 6. The largest absolute Gasteiger partial charge is 0.376 e. The zero-order valence-electron chi connectivity index (χ0n) is 17.7. The highest BCUT2D eigenvalue weighted by molar-refractivity contribution is 7.07. The molecule has 8 heteroatoms. The third-order valence-corrected chi connectivity index (χ3v) is 6.55. The summed E-state index contributed by atoms with van der Waals surface area (Å²) in [5, 5.41) is 5.41. The molecule has 6 nitrogen and oxygen atoms in total. The van der Waals surface area contributed by atoms with Crippen LogP contribution in [-0.4, -0.2) is 35.6 Å². The molecule has 1 saturated heterocycles. The van der Waals surface area contributed by atoms with Gasteiger partial charge in [0, 0.05) is 40.4 Å². The summed E-state index contributed by atoms with van der Waals surface area (Å²) in [6.45, 7) is 3.84. The van der Waals surface area contributed by atoms with Crippen LogP contribution in [0.25, 0.3) is 0 Å². The van der Waals surface area contributed by atoms with E-state index in [1.165, 1.54) is 11.3 Å². The summed E-state index contributed by atoms with van der Waals surface area (Å²) in [6, 6.07) is 14.2. The Labute approximate surface area is 195 Å². The molecule has 1 fully saturated rings. The van der Waals surface area contributed by atoms with E-state index in [9.17, 15) is 9.59 Å². The van der Waals surface area contributed by atoms with E-state index >= 15 is 0 Å². The van der Waals surface area contributed by atoms with Crippen LogP contribution in [0.15, 0.2) is 58.9 Å². The summed E-state index contributed by atoms with van der Waals surface area (Å²) >= 11 is 7.41. The predicted molar refractivity (Wildman–Crippen MR) is 125 cm³/mol. The van der Waals surface area contributed by atoms with E-state index in [0.29, 0.717) is 34.0 Å². The van der Waals surface area contributed by atoms with E-state index in [0.717, 1.165) is 30.7 Å². The second-order valence-electron chi connectivity index (χ2n) is 7.72. The van der Waals surface area contributed by atoms with Gasteiger partial charge in [0.2, 0.25) is 0 Å². The maximum absolute atomic E-state index is 12.6. The summed E-state index contributed by atoms with van der Waals surface area (Å²) in [7, 11) is 0. The van der Waals surface area contributed by atoms with Gasteiger partial charge in [0.15, 0.2) is 4.80 Å². The minimum absolute atomic E-state index is 0.103. The zero-order chi connectivity index (χ0) is 22.5. The van der Waals surface area contributed by atoms with Gasteiger partial charge in [0.25, 0.3) is 11.8 Å². The topological polar surface area (TPSA) is 72.7 Å². The molecule has 2 amide bonds. The van der Waals surface area contributed by atoms with Gasteiger partial charge in [-0.15, -0.1) is 11.3 Å². The first-order valence-electron chi connectivity index (χ1n) is 10.5. The molecule has 2 heterocycles. The minimum Gasteiger partial charge on any atom is -0.376 e. The number of halogens is 1. The summed E-state index contributed by atoms with van der Waals surface area (Å²) in [5.41, 5.74) is 3.08. The number of thiazole rings is 1. The standard InChI is InChI=1S/C24H24ClN3O3S/c1-16-15-32-24(27-23(30)19-4-2-5-20(25)12-19)28(16)14-17-7-9-18(10-8-17)22(29)26-13-21-6-3-11-31-21/h2,4-5,7-10,12,15,21H,3,6,11,13-14H2,1H3,(H,26,29)/t21-/m0/s1. The number of benzene rings is 2. The first kappa shape index (κ1) is 22.5. The number of aryl methyl sites for hydroxylation is 1. The highest BCUT2D eigenvalue weighted by atomic mass is 35.5. The van der Waals surface area contributed by atoms with Crippen molar-refractivity contribution < 1.29 is 14.3 Å². The summed E-state index contributed by atoms with van der Waals surface area (Å²) in [4.78, 5) is 29.9. The molecule has 4 rings (SSSR count). The van der Waals surface area contributed by atoms with Crippen molar-refractivity contribution in [1.82, 2.24) is 9.88 Å². The van der Waals surface area contributed by atoms with Crippen molar-refractivity contribution in [3.8, 4) is 0 Å². The van der Waals surface area contributed by atoms with Crippen LogP contribution in [0.5, 0.6) is 0 Å². The third kappa shape index (κ3) is 5.54. The molecule has 32 heavy (non-hydrogen) atoms. The van der Waals surface area contributed by atoms with Gasteiger partial charge in [-0.05, 0) is 55.7 Å². The molecule has 0 unspecified atom stereocenters. The zero-order valence-corrected chi connectivity index (χ0v) is 19.3. The Morgan fingerprint density at radius 2 is 2.03 bits per heavy atom. The molecule has 2 aromatic carbocycles. The monoisotopic (exact) mass is 469 g/mol. The fourth-order valence-corrected chi connectivity index (χ4v) is 4.59. The molecule has 0 spiro atoms. The number of nitrogens with zero attached hydrogens (tertiary/aromatic N) is 2. The third-order valence-electron chi connectivity index (χ3n) is 5.33. The summed E-state index contributed by atoms with van der Waals surface area (Å²) < 4.78 is 7.53. The molecule has 1 aromatic heterocycles. The van der Waals surface area contributed by atoms with Crippen LogP contribution in [0.1, 0.15) is 44.8 Å². The lowest BCUT2D eigenvalue weighted by Crippen LogP contribution is -2.31. The van der Waals surface area contributed by atoms with E-state index in [1.807, 2.05) is 41.1 Å². The van der Waals surface area contributed by atoms with E-state index in [-0.39, 0.29) is 17.9 Å². The number of nitrogens with one attached hydrogen (secondary N) is 1. The molecule has 1 atom stereocenters.